The van der Waals surface area contributed by atoms with E-state index in [2.05, 4.69) is 9.97 Å². The van der Waals surface area contributed by atoms with E-state index in [-0.39, 0.29) is 11.3 Å². The van der Waals surface area contributed by atoms with Gasteiger partial charge in [-0.15, -0.1) is 0 Å². The fourth-order valence-electron chi connectivity index (χ4n) is 2.73. The highest BCUT2D eigenvalue weighted by Crippen LogP contribution is 2.29. The molecule has 1 aliphatic rings. The number of nitrogens with zero attached hydrogens (tertiary/aromatic N) is 2. The number of ether oxygens (including phenoxy) is 2. The van der Waals surface area contributed by atoms with Gasteiger partial charge in [0.05, 0.1) is 30.8 Å². The van der Waals surface area contributed by atoms with Gasteiger partial charge in [0.1, 0.15) is 17.6 Å². The van der Waals surface area contributed by atoms with Gasteiger partial charge in [-0.05, 0) is 37.3 Å². The lowest BCUT2D eigenvalue weighted by molar-refractivity contribution is -0.139. The summed E-state index contributed by atoms with van der Waals surface area (Å²) in [5, 5.41) is 9.71. The first kappa shape index (κ1) is 18.4. The zero-order valence-corrected chi connectivity index (χ0v) is 15.1. The molecular formula is C19H19N3O5. The molecule has 8 heteroatoms. The molecule has 1 aromatic carbocycles. The summed E-state index contributed by atoms with van der Waals surface area (Å²) in [5.41, 5.74) is 2.05. The van der Waals surface area contributed by atoms with Crippen LogP contribution in [0, 0.1) is 0 Å². The van der Waals surface area contributed by atoms with Crippen molar-refractivity contribution in [1.29, 1.82) is 0 Å². The average Bonchev–Trinajstić information content (AvgIpc) is 2.98. The van der Waals surface area contributed by atoms with E-state index in [0.717, 1.165) is 0 Å². The number of H-pyrrole nitrogens is 1. The van der Waals surface area contributed by atoms with Crippen molar-refractivity contribution in [1.82, 2.24) is 9.97 Å². The number of aliphatic hydroxyl groups is 1. The molecule has 0 radical (unpaired) electrons. The first-order valence-electron chi connectivity index (χ1n) is 8.19. The summed E-state index contributed by atoms with van der Waals surface area (Å²) >= 11 is 0. The minimum Gasteiger partial charge on any atom is -0.465 e. The Morgan fingerprint density at radius 3 is 2.59 bits per heavy atom. The van der Waals surface area contributed by atoms with Gasteiger partial charge in [-0.2, -0.15) is 0 Å². The summed E-state index contributed by atoms with van der Waals surface area (Å²) in [5.74, 6) is -0.894. The number of hydrogen-bond donors (Lipinski definition) is 2. The Morgan fingerprint density at radius 1 is 1.19 bits per heavy atom. The number of anilines is 1. The Hall–Kier alpha value is -3.39. The minimum absolute atomic E-state index is 0.0314. The van der Waals surface area contributed by atoms with Crippen molar-refractivity contribution in [3.05, 3.63) is 59.7 Å². The van der Waals surface area contributed by atoms with Gasteiger partial charge >= 0.3 is 11.9 Å². The van der Waals surface area contributed by atoms with Crippen molar-refractivity contribution in [2.45, 2.75) is 13.0 Å². The molecular weight excluding hydrogens is 350 g/mol. The average molecular weight is 369 g/mol. The van der Waals surface area contributed by atoms with E-state index in [1.807, 2.05) is 0 Å². The molecule has 0 saturated heterocycles. The number of fused-ring (bicyclic) bond motifs is 1. The van der Waals surface area contributed by atoms with Crippen LogP contribution in [-0.2, 0) is 19.1 Å². The number of allylic oxidation sites excluding steroid dienone is 2. The largest absolute Gasteiger partial charge is 0.465 e. The molecule has 27 heavy (non-hydrogen) atoms. The molecule has 0 spiro atoms. The topological polar surface area (TPSA) is 105 Å². The maximum absolute atomic E-state index is 12.4. The summed E-state index contributed by atoms with van der Waals surface area (Å²) in [6.45, 7) is 1.61. The Kier molecular flexibility index (Phi) is 5.09. The SMILES string of the molecule is COC(=O)C1=C(C(=O)OC)N(c2ccc3nc(C(C)O)[nH]c3c2)C=CC=C1. The number of rotatable bonds is 4. The molecule has 2 heterocycles. The molecule has 1 aliphatic heterocycles. The molecule has 1 atom stereocenters. The van der Waals surface area contributed by atoms with E-state index < -0.39 is 18.0 Å². The molecule has 140 valence electrons. The third-order valence-electron chi connectivity index (χ3n) is 4.05. The number of carbonyl (C=O) groups is 2. The summed E-state index contributed by atoms with van der Waals surface area (Å²) < 4.78 is 9.68. The van der Waals surface area contributed by atoms with Crippen molar-refractivity contribution >= 4 is 28.7 Å². The first-order chi connectivity index (χ1) is 13.0. The highest BCUT2D eigenvalue weighted by atomic mass is 16.5. The number of aromatic nitrogens is 2. The van der Waals surface area contributed by atoms with Crippen LogP contribution in [0.3, 0.4) is 0 Å². The molecule has 0 saturated carbocycles. The summed E-state index contributed by atoms with van der Waals surface area (Å²) in [6.07, 6.45) is 5.73. The van der Waals surface area contributed by atoms with E-state index in [1.54, 1.807) is 48.4 Å². The smallest absolute Gasteiger partial charge is 0.355 e. The quantitative estimate of drug-likeness (QED) is 0.795. The van der Waals surface area contributed by atoms with Crippen molar-refractivity contribution < 1.29 is 24.2 Å². The predicted octanol–water partition coefficient (Wildman–Crippen LogP) is 2.11. The van der Waals surface area contributed by atoms with Gasteiger partial charge in [-0.1, -0.05) is 6.08 Å². The summed E-state index contributed by atoms with van der Waals surface area (Å²) in [4.78, 5) is 33.5. The zero-order valence-electron chi connectivity index (χ0n) is 15.1. The fourth-order valence-corrected chi connectivity index (χ4v) is 2.73. The van der Waals surface area contributed by atoms with Gasteiger partial charge < -0.3 is 24.5 Å². The number of aliphatic hydroxyl groups excluding tert-OH is 1. The number of imidazole rings is 1. The maximum Gasteiger partial charge on any atom is 0.355 e. The van der Waals surface area contributed by atoms with Crippen LogP contribution in [0.15, 0.2) is 53.9 Å². The molecule has 3 rings (SSSR count). The lowest BCUT2D eigenvalue weighted by Gasteiger charge is -2.23. The minimum atomic E-state index is -0.736. The molecule has 1 aromatic heterocycles. The lowest BCUT2D eigenvalue weighted by Crippen LogP contribution is -2.26. The summed E-state index contributed by atoms with van der Waals surface area (Å²) in [7, 11) is 2.49. The van der Waals surface area contributed by atoms with Gasteiger partial charge in [0.2, 0.25) is 0 Å². The highest BCUT2D eigenvalue weighted by molar-refractivity contribution is 6.05. The second-order valence-corrected chi connectivity index (χ2v) is 5.82. The van der Waals surface area contributed by atoms with E-state index in [0.29, 0.717) is 22.5 Å². The van der Waals surface area contributed by atoms with Gasteiger partial charge in [0.25, 0.3) is 0 Å². The molecule has 8 nitrogen and oxygen atoms in total. The number of esters is 2. The Labute approximate surface area is 155 Å². The first-order valence-corrected chi connectivity index (χ1v) is 8.19. The van der Waals surface area contributed by atoms with Gasteiger partial charge in [0.15, 0.2) is 0 Å². The van der Waals surface area contributed by atoms with Crippen LogP contribution in [0.4, 0.5) is 5.69 Å². The summed E-state index contributed by atoms with van der Waals surface area (Å²) in [6, 6.07) is 5.27. The number of carbonyl (C=O) groups excluding carboxylic acids is 2. The van der Waals surface area contributed by atoms with Crippen molar-refractivity contribution in [3.8, 4) is 0 Å². The molecule has 1 unspecified atom stereocenters. The standard InChI is InChI=1S/C19H19N3O5/c1-11(23)17-20-14-8-7-12(10-15(14)21-17)22-9-5-4-6-13(18(24)26-2)16(22)19(25)27-3/h4-11,23H,1-3H3,(H,20,21). The van der Waals surface area contributed by atoms with Gasteiger partial charge in [0, 0.05) is 11.9 Å². The maximum atomic E-state index is 12.4. The number of aromatic amines is 1. The van der Waals surface area contributed by atoms with Crippen LogP contribution < -0.4 is 4.90 Å². The Morgan fingerprint density at radius 2 is 1.93 bits per heavy atom. The lowest BCUT2D eigenvalue weighted by atomic mass is 10.1. The number of nitrogens with one attached hydrogen (secondary N) is 1. The molecule has 2 aromatic rings. The Bertz CT molecular complexity index is 984. The Balaban J connectivity index is 2.16. The number of methoxy groups -OCH3 is 2. The van der Waals surface area contributed by atoms with Crippen LogP contribution in [-0.4, -0.2) is 41.2 Å². The van der Waals surface area contributed by atoms with Crippen molar-refractivity contribution in [3.63, 3.8) is 0 Å². The molecule has 0 bridgehead atoms. The normalized spacial score (nSPS) is 15.0. The van der Waals surface area contributed by atoms with Crippen LogP contribution in [0.5, 0.6) is 0 Å². The van der Waals surface area contributed by atoms with Gasteiger partial charge in [-0.3, -0.25) is 0 Å². The monoisotopic (exact) mass is 369 g/mol. The van der Waals surface area contributed by atoms with Crippen LogP contribution >= 0.6 is 0 Å². The molecule has 0 fully saturated rings. The van der Waals surface area contributed by atoms with E-state index >= 15 is 0 Å². The van der Waals surface area contributed by atoms with E-state index in [4.69, 9.17) is 9.47 Å². The highest BCUT2D eigenvalue weighted by Gasteiger charge is 2.27. The second kappa shape index (κ2) is 7.46. The third-order valence-corrected chi connectivity index (χ3v) is 4.05. The number of hydrogen-bond acceptors (Lipinski definition) is 7. The van der Waals surface area contributed by atoms with E-state index in [1.165, 1.54) is 20.3 Å². The fraction of sp³-hybridized carbons (Fsp3) is 0.211. The van der Waals surface area contributed by atoms with Crippen LogP contribution in [0.1, 0.15) is 18.9 Å². The molecule has 0 aliphatic carbocycles. The van der Waals surface area contributed by atoms with Crippen LogP contribution in [0.2, 0.25) is 0 Å². The molecule has 0 amide bonds. The van der Waals surface area contributed by atoms with Crippen molar-refractivity contribution in [2.75, 3.05) is 19.1 Å². The van der Waals surface area contributed by atoms with E-state index in [9.17, 15) is 14.7 Å². The van der Waals surface area contributed by atoms with Crippen LogP contribution in [0.25, 0.3) is 11.0 Å². The molecule has 2 N–H and O–H groups in total. The predicted molar refractivity (Wildman–Crippen MR) is 98.5 cm³/mol. The third kappa shape index (κ3) is 3.47. The van der Waals surface area contributed by atoms with Crippen molar-refractivity contribution in [2.24, 2.45) is 0 Å². The number of benzene rings is 1. The van der Waals surface area contributed by atoms with Gasteiger partial charge in [-0.25, -0.2) is 14.6 Å². The zero-order chi connectivity index (χ0) is 19.6. The second-order valence-electron chi connectivity index (χ2n) is 5.82.